The first-order chi connectivity index (χ1) is 10.8. The number of nitrogens with zero attached hydrogens (tertiary/aromatic N) is 2. The zero-order valence-electron chi connectivity index (χ0n) is 14.1. The summed E-state index contributed by atoms with van der Waals surface area (Å²) >= 11 is 1.38. The minimum absolute atomic E-state index is 0.0151. The molecule has 2 heterocycles. The molecule has 0 aliphatic heterocycles. The molecule has 6 nitrogen and oxygen atoms in total. The van der Waals surface area contributed by atoms with Gasteiger partial charge in [-0.15, -0.1) is 11.3 Å². The molecule has 2 N–H and O–H groups in total. The van der Waals surface area contributed by atoms with Gasteiger partial charge in [-0.3, -0.25) is 9.59 Å². The average molecular weight is 334 g/mol. The third kappa shape index (κ3) is 3.85. The Morgan fingerprint density at radius 2 is 1.74 bits per heavy atom. The van der Waals surface area contributed by atoms with E-state index >= 15 is 0 Å². The predicted octanol–water partition coefficient (Wildman–Crippen LogP) is 2.12. The van der Waals surface area contributed by atoms with E-state index < -0.39 is 0 Å². The fourth-order valence-corrected chi connectivity index (χ4v) is 3.53. The van der Waals surface area contributed by atoms with E-state index in [0.29, 0.717) is 23.8 Å². The third-order valence-corrected chi connectivity index (χ3v) is 4.71. The average Bonchev–Trinajstić information content (AvgIpc) is 2.79. The van der Waals surface area contributed by atoms with Crippen LogP contribution in [0.15, 0.2) is 0 Å². The maximum absolute atomic E-state index is 12.3. The van der Waals surface area contributed by atoms with Gasteiger partial charge in [-0.2, -0.15) is 0 Å². The van der Waals surface area contributed by atoms with Gasteiger partial charge in [0.1, 0.15) is 10.7 Å². The van der Waals surface area contributed by atoms with Crippen LogP contribution in [0.3, 0.4) is 0 Å². The summed E-state index contributed by atoms with van der Waals surface area (Å²) in [5, 5.41) is 6.57. The van der Waals surface area contributed by atoms with Crippen LogP contribution in [0.2, 0.25) is 0 Å². The molecule has 0 radical (unpaired) electrons. The van der Waals surface area contributed by atoms with Crippen LogP contribution in [0, 0.1) is 26.7 Å². The van der Waals surface area contributed by atoms with E-state index in [9.17, 15) is 9.59 Å². The highest BCUT2D eigenvalue weighted by atomic mass is 32.1. The van der Waals surface area contributed by atoms with E-state index in [-0.39, 0.29) is 17.7 Å². The summed E-state index contributed by atoms with van der Waals surface area (Å²) in [6, 6.07) is 0. The molecule has 0 atom stereocenters. The van der Waals surface area contributed by atoms with Gasteiger partial charge >= 0.3 is 0 Å². The second-order valence-electron chi connectivity index (χ2n) is 5.79. The molecule has 0 aliphatic carbocycles. The Labute approximate surface area is 139 Å². The summed E-state index contributed by atoms with van der Waals surface area (Å²) in [6.07, 6.45) is 0. The molecule has 23 heavy (non-hydrogen) atoms. The Morgan fingerprint density at radius 1 is 1.09 bits per heavy atom. The van der Waals surface area contributed by atoms with Gasteiger partial charge in [0.15, 0.2) is 0 Å². The Bertz CT molecular complexity index is 752. The summed E-state index contributed by atoms with van der Waals surface area (Å²) in [7, 11) is 0. The minimum Gasteiger partial charge on any atom is -0.354 e. The zero-order chi connectivity index (χ0) is 17.1. The number of hydrogen-bond acceptors (Lipinski definition) is 5. The van der Waals surface area contributed by atoms with Gasteiger partial charge in [0.2, 0.25) is 5.91 Å². The van der Waals surface area contributed by atoms with Crippen LogP contribution in [0.5, 0.6) is 0 Å². The molecule has 0 aliphatic rings. The van der Waals surface area contributed by atoms with Crippen molar-refractivity contribution in [1.29, 1.82) is 0 Å². The molecule has 2 aromatic heterocycles. The molecule has 0 fully saturated rings. The van der Waals surface area contributed by atoms with Gasteiger partial charge in [0, 0.05) is 30.1 Å². The lowest BCUT2D eigenvalue weighted by Gasteiger charge is -2.08. The van der Waals surface area contributed by atoms with Crippen molar-refractivity contribution in [2.24, 2.45) is 5.92 Å². The maximum Gasteiger partial charge on any atom is 0.261 e. The van der Waals surface area contributed by atoms with Crippen LogP contribution < -0.4 is 10.6 Å². The van der Waals surface area contributed by atoms with Gasteiger partial charge in [0.25, 0.3) is 5.91 Å². The molecule has 0 spiro atoms. The van der Waals surface area contributed by atoms with E-state index in [1.165, 1.54) is 11.3 Å². The minimum atomic E-state index is -0.138. The lowest BCUT2D eigenvalue weighted by molar-refractivity contribution is -0.123. The van der Waals surface area contributed by atoms with Crippen LogP contribution in [0.25, 0.3) is 10.2 Å². The van der Waals surface area contributed by atoms with Crippen molar-refractivity contribution in [3.05, 3.63) is 22.0 Å². The molecule has 0 saturated heterocycles. The topological polar surface area (TPSA) is 84.0 Å². The van der Waals surface area contributed by atoms with Crippen molar-refractivity contribution in [3.63, 3.8) is 0 Å². The fraction of sp³-hybridized carbons (Fsp3) is 0.500. The van der Waals surface area contributed by atoms with Gasteiger partial charge in [-0.1, -0.05) is 13.8 Å². The number of thiophene rings is 1. The number of carbonyl (C=O) groups is 2. The van der Waals surface area contributed by atoms with Crippen molar-refractivity contribution >= 4 is 33.4 Å². The maximum atomic E-state index is 12.3. The van der Waals surface area contributed by atoms with Gasteiger partial charge in [-0.25, -0.2) is 9.97 Å². The van der Waals surface area contributed by atoms with Gasteiger partial charge in [0.05, 0.1) is 4.88 Å². The number of amides is 2. The van der Waals surface area contributed by atoms with Crippen LogP contribution in [-0.2, 0) is 4.79 Å². The molecular weight excluding hydrogens is 312 g/mol. The number of aryl methyl sites for hydroxylation is 3. The molecular formula is C16H22N4O2S. The number of carbonyl (C=O) groups excluding carboxylic acids is 2. The highest BCUT2D eigenvalue weighted by Gasteiger charge is 2.18. The van der Waals surface area contributed by atoms with E-state index in [1.54, 1.807) is 0 Å². The number of fused-ring (bicyclic) bond motifs is 1. The highest BCUT2D eigenvalue weighted by molar-refractivity contribution is 7.20. The molecule has 2 aromatic rings. The molecule has 2 rings (SSSR count). The van der Waals surface area contributed by atoms with Crippen molar-refractivity contribution in [1.82, 2.24) is 20.6 Å². The molecule has 124 valence electrons. The zero-order valence-corrected chi connectivity index (χ0v) is 14.9. The fourth-order valence-electron chi connectivity index (χ4n) is 2.34. The Balaban J connectivity index is 2.06. The van der Waals surface area contributed by atoms with Crippen molar-refractivity contribution in [2.75, 3.05) is 13.1 Å². The Morgan fingerprint density at radius 3 is 2.39 bits per heavy atom. The van der Waals surface area contributed by atoms with Crippen molar-refractivity contribution < 1.29 is 9.59 Å². The lowest BCUT2D eigenvalue weighted by atomic mass is 10.1. The predicted molar refractivity (Wildman–Crippen MR) is 91.8 cm³/mol. The van der Waals surface area contributed by atoms with Gasteiger partial charge in [-0.05, 0) is 26.3 Å². The summed E-state index contributed by atoms with van der Waals surface area (Å²) in [5.41, 5.74) is 1.80. The first-order valence-electron chi connectivity index (χ1n) is 7.61. The summed E-state index contributed by atoms with van der Waals surface area (Å²) in [4.78, 5) is 34.1. The number of hydrogen-bond donors (Lipinski definition) is 2. The van der Waals surface area contributed by atoms with Crippen molar-refractivity contribution in [3.8, 4) is 0 Å². The van der Waals surface area contributed by atoms with E-state index in [1.807, 2.05) is 34.6 Å². The molecule has 2 amide bonds. The van der Waals surface area contributed by atoms with Gasteiger partial charge < -0.3 is 10.6 Å². The van der Waals surface area contributed by atoms with Crippen LogP contribution in [-0.4, -0.2) is 34.9 Å². The SMILES string of the molecule is Cc1nc(C)c2c(C)c(C(=O)NCCNC(=O)C(C)C)sc2n1. The lowest BCUT2D eigenvalue weighted by Crippen LogP contribution is -2.36. The van der Waals surface area contributed by atoms with E-state index in [2.05, 4.69) is 20.6 Å². The number of nitrogens with one attached hydrogen (secondary N) is 2. The summed E-state index contributed by atoms with van der Waals surface area (Å²) < 4.78 is 0. The first kappa shape index (κ1) is 17.3. The second kappa shape index (κ2) is 7.04. The molecule has 7 heteroatoms. The Hall–Kier alpha value is -2.02. The largest absolute Gasteiger partial charge is 0.354 e. The monoisotopic (exact) mass is 334 g/mol. The summed E-state index contributed by atoms with van der Waals surface area (Å²) in [5.74, 6) is 0.500. The van der Waals surface area contributed by atoms with Crippen LogP contribution >= 0.6 is 11.3 Å². The second-order valence-corrected chi connectivity index (χ2v) is 6.79. The number of rotatable bonds is 5. The molecule has 0 aromatic carbocycles. The molecule has 0 bridgehead atoms. The number of aromatic nitrogens is 2. The standard InChI is InChI=1S/C16H22N4O2S/c1-8(2)14(21)17-6-7-18-15(22)13-9(3)12-10(4)19-11(5)20-16(12)23-13/h8H,6-7H2,1-5H3,(H,17,21)(H,18,22). The van der Waals surface area contributed by atoms with Crippen LogP contribution in [0.1, 0.15) is 40.6 Å². The smallest absolute Gasteiger partial charge is 0.261 e. The third-order valence-electron chi connectivity index (χ3n) is 3.52. The van der Waals surface area contributed by atoms with Crippen LogP contribution in [0.4, 0.5) is 0 Å². The quantitative estimate of drug-likeness (QED) is 0.820. The van der Waals surface area contributed by atoms with E-state index in [4.69, 9.17) is 0 Å². The first-order valence-corrected chi connectivity index (χ1v) is 8.43. The summed E-state index contributed by atoms with van der Waals surface area (Å²) in [6.45, 7) is 10.2. The molecule has 0 unspecified atom stereocenters. The highest BCUT2D eigenvalue weighted by Crippen LogP contribution is 2.30. The molecule has 0 saturated carbocycles. The normalized spacial score (nSPS) is 11.0. The van der Waals surface area contributed by atoms with E-state index in [0.717, 1.165) is 21.5 Å². The Kier molecular flexibility index (Phi) is 5.30. The van der Waals surface area contributed by atoms with Crippen molar-refractivity contribution in [2.45, 2.75) is 34.6 Å².